The van der Waals surface area contributed by atoms with E-state index in [4.69, 9.17) is 18.0 Å². The number of nitrogens with zero attached hydrogens (tertiary/aromatic N) is 1. The van der Waals surface area contributed by atoms with Gasteiger partial charge in [-0.05, 0) is 12.2 Å². The maximum absolute atomic E-state index is 5.38. The number of thioether (sulfide) groups is 2. The fraction of sp³-hybridized carbons (Fsp3) is 0.800. The molecule has 0 amide bonds. The molecule has 11 heavy (non-hydrogen) atoms. The van der Waals surface area contributed by atoms with Gasteiger partial charge in [-0.25, -0.2) is 0 Å². The Morgan fingerprint density at radius 2 is 2.00 bits per heavy atom. The Kier molecular flexibility index (Phi) is 2.18. The first kappa shape index (κ1) is 7.97. The Bertz CT molecular complexity index is 166. The van der Waals surface area contributed by atoms with E-state index < -0.39 is 0 Å². The number of hydrazine groups is 1. The monoisotopic (exact) mass is 207 g/mol. The zero-order valence-electron chi connectivity index (χ0n) is 5.82. The molecule has 3 nitrogen and oxygen atoms in total. The number of nitrogens with two attached hydrogens (primary N) is 1. The van der Waals surface area contributed by atoms with Crippen molar-refractivity contribution in [3.8, 4) is 0 Å². The second-order valence-corrected chi connectivity index (χ2v) is 5.32. The molecule has 2 aliphatic heterocycles. The number of hydrogen-bond acceptors (Lipinski definition) is 4. The molecule has 2 saturated heterocycles. The highest BCUT2D eigenvalue weighted by atomic mass is 32.2. The van der Waals surface area contributed by atoms with Gasteiger partial charge in [0.25, 0.3) is 0 Å². The van der Waals surface area contributed by atoms with Gasteiger partial charge in [0.2, 0.25) is 0 Å². The van der Waals surface area contributed by atoms with E-state index in [-0.39, 0.29) is 0 Å². The maximum atomic E-state index is 5.38. The average molecular weight is 207 g/mol. The summed E-state index contributed by atoms with van der Waals surface area (Å²) in [6.07, 6.45) is 0. The standard InChI is InChI=1S/C5H9N3S3/c6-5(9)7-8-3-1-10-4(8)2-11-3/h3-4H,1-2H2,(H3,6,7,9). The third kappa shape index (κ3) is 1.44. The summed E-state index contributed by atoms with van der Waals surface area (Å²) in [5, 5.41) is 3.69. The predicted molar refractivity (Wildman–Crippen MR) is 54.3 cm³/mol. The maximum Gasteiger partial charge on any atom is 0.178 e. The van der Waals surface area contributed by atoms with Gasteiger partial charge in [0.05, 0.1) is 10.7 Å². The van der Waals surface area contributed by atoms with Crippen LogP contribution in [-0.4, -0.2) is 32.4 Å². The second kappa shape index (κ2) is 3.01. The van der Waals surface area contributed by atoms with Crippen molar-refractivity contribution in [2.75, 3.05) is 11.5 Å². The van der Waals surface area contributed by atoms with Crippen LogP contribution in [-0.2, 0) is 0 Å². The molecule has 0 aliphatic carbocycles. The second-order valence-electron chi connectivity index (χ2n) is 2.46. The van der Waals surface area contributed by atoms with E-state index in [1.807, 2.05) is 23.5 Å². The minimum Gasteiger partial charge on any atom is -0.375 e. The zero-order chi connectivity index (χ0) is 7.84. The molecule has 6 heteroatoms. The van der Waals surface area contributed by atoms with Gasteiger partial charge in [0.15, 0.2) is 5.11 Å². The van der Waals surface area contributed by atoms with Gasteiger partial charge in [-0.3, -0.25) is 5.43 Å². The van der Waals surface area contributed by atoms with Crippen molar-refractivity contribution < 1.29 is 0 Å². The van der Waals surface area contributed by atoms with Crippen LogP contribution < -0.4 is 11.2 Å². The van der Waals surface area contributed by atoms with Crippen molar-refractivity contribution in [2.24, 2.45) is 5.73 Å². The smallest absolute Gasteiger partial charge is 0.178 e. The van der Waals surface area contributed by atoms with Crippen LogP contribution in [0.15, 0.2) is 0 Å². The average Bonchev–Trinajstić information content (AvgIpc) is 2.48. The van der Waals surface area contributed by atoms with Gasteiger partial charge in [0, 0.05) is 11.5 Å². The SMILES string of the molecule is NC(=S)NN1C2CSC1CS2. The normalized spacial score (nSPS) is 36.0. The van der Waals surface area contributed by atoms with E-state index in [2.05, 4.69) is 10.4 Å². The fourth-order valence-electron chi connectivity index (χ4n) is 1.26. The third-order valence-corrected chi connectivity index (χ3v) is 4.81. The summed E-state index contributed by atoms with van der Waals surface area (Å²) in [6.45, 7) is 0. The van der Waals surface area contributed by atoms with E-state index >= 15 is 0 Å². The Morgan fingerprint density at radius 3 is 2.36 bits per heavy atom. The largest absolute Gasteiger partial charge is 0.375 e. The van der Waals surface area contributed by atoms with E-state index in [0.29, 0.717) is 15.9 Å². The summed E-state index contributed by atoms with van der Waals surface area (Å²) >= 11 is 8.71. The Morgan fingerprint density at radius 1 is 1.45 bits per heavy atom. The molecule has 2 rings (SSSR count). The van der Waals surface area contributed by atoms with Crippen LogP contribution in [0.25, 0.3) is 0 Å². The lowest BCUT2D eigenvalue weighted by Crippen LogP contribution is -2.47. The van der Waals surface area contributed by atoms with Crippen molar-refractivity contribution in [1.82, 2.24) is 10.4 Å². The number of hydrogen-bond donors (Lipinski definition) is 2. The Hall–Kier alpha value is 0.350. The van der Waals surface area contributed by atoms with Crippen LogP contribution >= 0.6 is 35.7 Å². The molecule has 2 aliphatic rings. The van der Waals surface area contributed by atoms with E-state index in [1.165, 1.54) is 11.5 Å². The first-order chi connectivity index (χ1) is 5.27. The molecule has 2 unspecified atom stereocenters. The zero-order valence-corrected chi connectivity index (χ0v) is 8.27. The van der Waals surface area contributed by atoms with Crippen molar-refractivity contribution in [3.05, 3.63) is 0 Å². The fourth-order valence-corrected chi connectivity index (χ4v) is 4.50. The lowest BCUT2D eigenvalue weighted by molar-refractivity contribution is 0.256. The minimum absolute atomic E-state index is 0.380. The summed E-state index contributed by atoms with van der Waals surface area (Å²) in [5.74, 6) is 2.37. The molecule has 0 aromatic heterocycles. The highest BCUT2D eigenvalue weighted by Crippen LogP contribution is 2.42. The summed E-state index contributed by atoms with van der Waals surface area (Å²) in [6, 6.07) is 0. The lowest BCUT2D eigenvalue weighted by Gasteiger charge is -2.20. The van der Waals surface area contributed by atoms with Crippen molar-refractivity contribution >= 4 is 40.9 Å². The van der Waals surface area contributed by atoms with Crippen LogP contribution in [0.4, 0.5) is 0 Å². The minimum atomic E-state index is 0.380. The molecular formula is C5H9N3S3. The van der Waals surface area contributed by atoms with Gasteiger partial charge in [-0.2, -0.15) is 5.01 Å². The topological polar surface area (TPSA) is 41.3 Å². The number of fused-ring (bicyclic) bond motifs is 2. The molecule has 2 atom stereocenters. The summed E-state index contributed by atoms with van der Waals surface area (Å²) in [5.41, 5.74) is 8.39. The lowest BCUT2D eigenvalue weighted by atomic mass is 10.6. The van der Waals surface area contributed by atoms with Gasteiger partial charge >= 0.3 is 0 Å². The number of rotatable bonds is 1. The van der Waals surface area contributed by atoms with Crippen LogP contribution in [0, 0.1) is 0 Å². The van der Waals surface area contributed by atoms with E-state index in [9.17, 15) is 0 Å². The van der Waals surface area contributed by atoms with Crippen molar-refractivity contribution in [3.63, 3.8) is 0 Å². The molecule has 2 fully saturated rings. The highest BCUT2D eigenvalue weighted by molar-refractivity contribution is 8.07. The molecule has 0 saturated carbocycles. The first-order valence-electron chi connectivity index (χ1n) is 3.35. The molecule has 2 bridgehead atoms. The summed E-state index contributed by atoms with van der Waals surface area (Å²) in [7, 11) is 0. The molecular weight excluding hydrogens is 198 g/mol. The van der Waals surface area contributed by atoms with Gasteiger partial charge in [-0.15, -0.1) is 23.5 Å². The van der Waals surface area contributed by atoms with Gasteiger partial charge < -0.3 is 5.73 Å². The molecule has 2 heterocycles. The molecule has 0 spiro atoms. The molecule has 3 N–H and O–H groups in total. The Balaban J connectivity index is 1.99. The quantitative estimate of drug-likeness (QED) is 0.598. The summed E-state index contributed by atoms with van der Waals surface area (Å²) < 4.78 is 0. The summed E-state index contributed by atoms with van der Waals surface area (Å²) in [4.78, 5) is 0. The number of thiocarbonyl (C=S) groups is 1. The van der Waals surface area contributed by atoms with Crippen LogP contribution in [0.1, 0.15) is 0 Å². The first-order valence-corrected chi connectivity index (χ1v) is 5.85. The molecule has 62 valence electrons. The van der Waals surface area contributed by atoms with Crippen molar-refractivity contribution in [2.45, 2.75) is 10.7 Å². The Labute approximate surface area is 79.4 Å². The molecule has 0 radical (unpaired) electrons. The molecule has 0 aromatic carbocycles. The van der Waals surface area contributed by atoms with Crippen LogP contribution in [0.3, 0.4) is 0 Å². The predicted octanol–water partition coefficient (Wildman–Crippen LogP) is 0.182. The molecule has 0 aromatic rings. The van der Waals surface area contributed by atoms with Gasteiger partial charge in [-0.1, -0.05) is 0 Å². The van der Waals surface area contributed by atoms with Crippen molar-refractivity contribution in [1.29, 1.82) is 0 Å². The van der Waals surface area contributed by atoms with Crippen LogP contribution in [0.2, 0.25) is 0 Å². The van der Waals surface area contributed by atoms with Crippen LogP contribution in [0.5, 0.6) is 0 Å². The highest BCUT2D eigenvalue weighted by Gasteiger charge is 2.41. The van der Waals surface area contributed by atoms with E-state index in [1.54, 1.807) is 0 Å². The third-order valence-electron chi connectivity index (χ3n) is 1.72. The van der Waals surface area contributed by atoms with E-state index in [0.717, 1.165) is 0 Å². The number of nitrogens with one attached hydrogen (secondary N) is 1. The van der Waals surface area contributed by atoms with Gasteiger partial charge in [0.1, 0.15) is 0 Å².